The minimum absolute atomic E-state index is 0.00507. The van der Waals surface area contributed by atoms with Gasteiger partial charge in [0.05, 0.1) is 5.25 Å². The van der Waals surface area contributed by atoms with Crippen molar-refractivity contribution in [1.29, 1.82) is 0 Å². The average Bonchev–Trinajstić information content (AvgIpc) is 2.94. The molecule has 0 saturated heterocycles. The Bertz CT molecular complexity index is 507. The molecule has 2 rings (SSSR count). The molecule has 98 valence electrons. The van der Waals surface area contributed by atoms with Crippen LogP contribution in [-0.2, 0) is 6.42 Å². The Morgan fingerprint density at radius 1 is 1.50 bits per heavy atom. The largest absolute Gasteiger partial charge is 0.465 e. The van der Waals surface area contributed by atoms with Crippen molar-refractivity contribution in [2.45, 2.75) is 42.8 Å². The van der Waals surface area contributed by atoms with Crippen molar-refractivity contribution in [1.82, 2.24) is 9.36 Å². The van der Waals surface area contributed by atoms with E-state index in [9.17, 15) is 0 Å². The maximum Gasteiger partial charge on any atom is 0.170 e. The highest BCUT2D eigenvalue weighted by molar-refractivity contribution is 8.01. The Morgan fingerprint density at radius 3 is 2.78 bits per heavy atom. The highest BCUT2D eigenvalue weighted by Gasteiger charge is 2.22. The Morgan fingerprint density at radius 2 is 2.28 bits per heavy atom. The molecule has 0 aliphatic carbocycles. The van der Waals surface area contributed by atoms with Gasteiger partial charge in [-0.15, -0.1) is 0 Å². The Labute approximate surface area is 115 Å². The lowest BCUT2D eigenvalue weighted by Crippen LogP contribution is -2.22. The van der Waals surface area contributed by atoms with Crippen molar-refractivity contribution < 1.29 is 4.42 Å². The summed E-state index contributed by atoms with van der Waals surface area (Å²) in [6, 6.07) is 3.94. The van der Waals surface area contributed by atoms with Gasteiger partial charge in [-0.2, -0.15) is 4.37 Å². The van der Waals surface area contributed by atoms with Gasteiger partial charge >= 0.3 is 0 Å². The first-order chi connectivity index (χ1) is 8.60. The second kappa shape index (κ2) is 5.86. The lowest BCUT2D eigenvalue weighted by Gasteiger charge is -2.16. The van der Waals surface area contributed by atoms with Crippen LogP contribution in [0.15, 0.2) is 20.9 Å². The summed E-state index contributed by atoms with van der Waals surface area (Å²) in [5.74, 6) is 2.70. The molecule has 2 unspecified atom stereocenters. The van der Waals surface area contributed by atoms with Crippen LogP contribution in [0.25, 0.3) is 0 Å². The summed E-state index contributed by atoms with van der Waals surface area (Å²) in [5, 5.41) is 0.0800. The molecule has 2 aromatic rings. The van der Waals surface area contributed by atoms with Crippen molar-refractivity contribution in [3.63, 3.8) is 0 Å². The summed E-state index contributed by atoms with van der Waals surface area (Å²) in [6.07, 6.45) is 0.861. The normalized spacial score (nSPS) is 14.7. The summed E-state index contributed by atoms with van der Waals surface area (Å²) in [4.78, 5) is 4.46. The lowest BCUT2D eigenvalue weighted by molar-refractivity contribution is 0.464. The molecule has 0 saturated carbocycles. The van der Waals surface area contributed by atoms with E-state index in [0.717, 1.165) is 28.1 Å². The fraction of sp³-hybridized carbons (Fsp3) is 0.500. The van der Waals surface area contributed by atoms with Crippen LogP contribution in [0.2, 0.25) is 0 Å². The fourth-order valence-electron chi connectivity index (χ4n) is 1.57. The molecule has 2 atom stereocenters. The van der Waals surface area contributed by atoms with E-state index in [2.05, 4.69) is 16.3 Å². The number of nitrogens with two attached hydrogens (primary N) is 1. The first-order valence-corrected chi connectivity index (χ1v) is 7.56. The van der Waals surface area contributed by atoms with Crippen LogP contribution < -0.4 is 5.73 Å². The van der Waals surface area contributed by atoms with Gasteiger partial charge in [-0.25, -0.2) is 4.98 Å². The summed E-state index contributed by atoms with van der Waals surface area (Å²) in [7, 11) is 0. The van der Waals surface area contributed by atoms with Crippen LogP contribution in [0.5, 0.6) is 0 Å². The molecule has 6 heteroatoms. The highest BCUT2D eigenvalue weighted by atomic mass is 32.2. The molecule has 0 aliphatic heterocycles. The van der Waals surface area contributed by atoms with E-state index in [1.54, 1.807) is 11.8 Å². The number of thioether (sulfide) groups is 1. The van der Waals surface area contributed by atoms with Crippen LogP contribution in [0, 0.1) is 6.92 Å². The Kier molecular flexibility index (Phi) is 4.42. The number of rotatable bonds is 5. The molecule has 0 aromatic carbocycles. The first kappa shape index (κ1) is 13.6. The molecule has 0 spiro atoms. The average molecular weight is 283 g/mol. The Balaban J connectivity index is 2.16. The van der Waals surface area contributed by atoms with Gasteiger partial charge in [0.2, 0.25) is 0 Å². The maximum atomic E-state index is 6.04. The van der Waals surface area contributed by atoms with Crippen molar-refractivity contribution >= 4 is 23.3 Å². The van der Waals surface area contributed by atoms with Crippen LogP contribution in [-0.4, -0.2) is 15.4 Å². The standard InChI is InChI=1S/C12H17N3OS2/c1-4-10-14-12(18-15-10)17-11(8(3)13)9-6-5-7(2)16-9/h5-6,8,11H,4,13H2,1-3H3. The van der Waals surface area contributed by atoms with Gasteiger partial charge < -0.3 is 10.2 Å². The number of nitrogens with zero attached hydrogens (tertiary/aromatic N) is 2. The zero-order chi connectivity index (χ0) is 13.1. The Hall–Kier alpha value is -0.850. The SMILES string of the molecule is CCc1nsc(SC(c2ccc(C)o2)C(C)N)n1. The van der Waals surface area contributed by atoms with Crippen LogP contribution in [0.4, 0.5) is 0 Å². The first-order valence-electron chi connectivity index (χ1n) is 5.91. The summed E-state index contributed by atoms with van der Waals surface area (Å²) in [6.45, 7) is 5.97. The van der Waals surface area contributed by atoms with Crippen LogP contribution >= 0.6 is 23.3 Å². The van der Waals surface area contributed by atoms with E-state index in [1.165, 1.54) is 11.5 Å². The summed E-state index contributed by atoms with van der Waals surface area (Å²) in [5.41, 5.74) is 6.04. The molecule has 2 aromatic heterocycles. The molecular formula is C12H17N3OS2. The van der Waals surface area contributed by atoms with Gasteiger partial charge in [0, 0.05) is 12.5 Å². The third kappa shape index (κ3) is 3.13. The predicted octanol–water partition coefficient (Wildman–Crippen LogP) is 3.18. The van der Waals surface area contributed by atoms with E-state index in [4.69, 9.17) is 10.2 Å². The van der Waals surface area contributed by atoms with E-state index in [1.807, 2.05) is 26.0 Å². The zero-order valence-corrected chi connectivity index (χ0v) is 12.3. The molecule has 4 nitrogen and oxygen atoms in total. The number of aromatic nitrogens is 2. The predicted molar refractivity (Wildman–Crippen MR) is 75.0 cm³/mol. The summed E-state index contributed by atoms with van der Waals surface area (Å²) < 4.78 is 10.9. The van der Waals surface area contributed by atoms with Crippen molar-refractivity contribution in [2.24, 2.45) is 5.73 Å². The second-order valence-electron chi connectivity index (χ2n) is 4.18. The lowest BCUT2D eigenvalue weighted by atomic mass is 10.2. The minimum atomic E-state index is -0.00507. The van der Waals surface area contributed by atoms with Gasteiger partial charge in [0.15, 0.2) is 4.34 Å². The van der Waals surface area contributed by atoms with Crippen LogP contribution in [0.3, 0.4) is 0 Å². The van der Waals surface area contributed by atoms with E-state index >= 15 is 0 Å². The number of furan rings is 1. The molecule has 0 radical (unpaired) electrons. The second-order valence-corrected chi connectivity index (χ2v) is 6.32. The maximum absolute atomic E-state index is 6.04. The van der Waals surface area contributed by atoms with Gasteiger partial charge in [-0.05, 0) is 37.5 Å². The van der Waals surface area contributed by atoms with Crippen molar-refractivity contribution in [3.05, 3.63) is 29.5 Å². The third-order valence-corrected chi connectivity index (χ3v) is 4.78. The smallest absolute Gasteiger partial charge is 0.170 e. The van der Waals surface area contributed by atoms with Gasteiger partial charge in [0.1, 0.15) is 17.3 Å². The van der Waals surface area contributed by atoms with Crippen molar-refractivity contribution in [3.8, 4) is 0 Å². The molecule has 0 bridgehead atoms. The van der Waals surface area contributed by atoms with E-state index < -0.39 is 0 Å². The van der Waals surface area contributed by atoms with Gasteiger partial charge in [-0.3, -0.25) is 0 Å². The van der Waals surface area contributed by atoms with E-state index in [-0.39, 0.29) is 11.3 Å². The minimum Gasteiger partial charge on any atom is -0.465 e. The molecule has 2 N–H and O–H groups in total. The fourth-order valence-corrected chi connectivity index (χ4v) is 3.50. The molecule has 18 heavy (non-hydrogen) atoms. The molecular weight excluding hydrogens is 266 g/mol. The molecule has 0 amide bonds. The van der Waals surface area contributed by atoms with Crippen molar-refractivity contribution in [2.75, 3.05) is 0 Å². The van der Waals surface area contributed by atoms with Gasteiger partial charge in [0.25, 0.3) is 0 Å². The molecule has 2 heterocycles. The summed E-state index contributed by atoms with van der Waals surface area (Å²) >= 11 is 3.05. The van der Waals surface area contributed by atoms with E-state index in [0.29, 0.717) is 0 Å². The topological polar surface area (TPSA) is 64.9 Å². The molecule has 0 fully saturated rings. The van der Waals surface area contributed by atoms with Crippen LogP contribution in [0.1, 0.15) is 36.4 Å². The van der Waals surface area contributed by atoms with Gasteiger partial charge in [-0.1, -0.05) is 18.7 Å². The third-order valence-electron chi connectivity index (χ3n) is 2.51. The number of aryl methyl sites for hydroxylation is 2. The monoisotopic (exact) mass is 283 g/mol. The number of hydrogen-bond acceptors (Lipinski definition) is 6. The zero-order valence-electron chi connectivity index (χ0n) is 10.7. The highest BCUT2D eigenvalue weighted by Crippen LogP contribution is 2.38. The quantitative estimate of drug-likeness (QED) is 0.854. The number of hydrogen-bond donors (Lipinski definition) is 1. The molecule has 0 aliphatic rings.